The number of carbonyl (C=O) groups excluding carboxylic acids is 1. The molecule has 1 aromatic heterocycles. The number of hydrogen-bond donors (Lipinski definition) is 0. The molecule has 4 rings (SSSR count). The van der Waals surface area contributed by atoms with E-state index in [1.54, 1.807) is 0 Å². The highest BCUT2D eigenvalue weighted by Gasteiger charge is 2.31. The summed E-state index contributed by atoms with van der Waals surface area (Å²) in [6.07, 6.45) is 5.20. The molecule has 0 saturated carbocycles. The van der Waals surface area contributed by atoms with Crippen molar-refractivity contribution in [2.24, 2.45) is 5.92 Å². The normalized spacial score (nSPS) is 19.9. The molecule has 1 amide bonds. The molecule has 2 aromatic rings. The van der Waals surface area contributed by atoms with E-state index in [1.165, 1.54) is 5.56 Å². The van der Waals surface area contributed by atoms with Gasteiger partial charge in [-0.3, -0.25) is 9.69 Å². The second-order valence-electron chi connectivity index (χ2n) is 8.35. The Kier molecular flexibility index (Phi) is 6.45. The van der Waals surface area contributed by atoms with Crippen LogP contribution in [0, 0.1) is 5.92 Å². The number of rotatable bonds is 5. The SMILES string of the molecule is C[C@H](C(=O)N1CCC(Cc2ccccc2)CC1)N1CCN(c2ccccn2)CC1. The van der Waals surface area contributed by atoms with Gasteiger partial charge >= 0.3 is 0 Å². The number of piperazine rings is 1. The maximum atomic E-state index is 13.1. The summed E-state index contributed by atoms with van der Waals surface area (Å²) in [5.74, 6) is 2.03. The van der Waals surface area contributed by atoms with Gasteiger partial charge in [-0.2, -0.15) is 0 Å². The van der Waals surface area contributed by atoms with Crippen molar-refractivity contribution in [1.82, 2.24) is 14.8 Å². The smallest absolute Gasteiger partial charge is 0.239 e. The Hall–Kier alpha value is -2.40. The standard InChI is InChI=1S/C24H32N4O/c1-20(26-15-17-27(18-16-26)23-9-5-6-12-25-23)24(29)28-13-10-22(11-14-28)19-21-7-3-2-4-8-21/h2-9,12,20,22H,10-11,13-19H2,1H3/t20-/m1/s1. The van der Waals surface area contributed by atoms with Gasteiger partial charge in [-0.15, -0.1) is 0 Å². The number of anilines is 1. The maximum Gasteiger partial charge on any atom is 0.239 e. The van der Waals surface area contributed by atoms with Crippen molar-refractivity contribution in [2.45, 2.75) is 32.2 Å². The van der Waals surface area contributed by atoms with Gasteiger partial charge in [0.05, 0.1) is 6.04 Å². The molecular formula is C24H32N4O. The average molecular weight is 393 g/mol. The van der Waals surface area contributed by atoms with Gasteiger partial charge in [0.2, 0.25) is 5.91 Å². The van der Waals surface area contributed by atoms with Crippen LogP contribution in [0.4, 0.5) is 5.82 Å². The molecule has 154 valence electrons. The second-order valence-corrected chi connectivity index (χ2v) is 8.35. The molecule has 0 bridgehead atoms. The summed E-state index contributed by atoms with van der Waals surface area (Å²) in [6, 6.07) is 16.7. The number of aromatic nitrogens is 1. The third-order valence-corrected chi connectivity index (χ3v) is 6.49. The first-order chi connectivity index (χ1) is 14.2. The summed E-state index contributed by atoms with van der Waals surface area (Å²) in [5.41, 5.74) is 1.41. The first-order valence-electron chi connectivity index (χ1n) is 10.9. The Morgan fingerprint density at radius 1 is 0.966 bits per heavy atom. The van der Waals surface area contributed by atoms with E-state index < -0.39 is 0 Å². The molecule has 0 unspecified atom stereocenters. The fraction of sp³-hybridized carbons (Fsp3) is 0.500. The molecule has 29 heavy (non-hydrogen) atoms. The van der Waals surface area contributed by atoms with Crippen molar-refractivity contribution in [2.75, 3.05) is 44.2 Å². The molecule has 2 fully saturated rings. The molecule has 2 saturated heterocycles. The van der Waals surface area contributed by atoms with E-state index in [1.807, 2.05) is 18.3 Å². The zero-order valence-electron chi connectivity index (χ0n) is 17.4. The van der Waals surface area contributed by atoms with Gasteiger partial charge in [0, 0.05) is 45.5 Å². The summed E-state index contributed by atoms with van der Waals surface area (Å²) in [6.45, 7) is 7.54. The highest BCUT2D eigenvalue weighted by atomic mass is 16.2. The first-order valence-corrected chi connectivity index (χ1v) is 10.9. The van der Waals surface area contributed by atoms with Gasteiger partial charge in [-0.25, -0.2) is 4.98 Å². The largest absolute Gasteiger partial charge is 0.354 e. The molecule has 5 heteroatoms. The van der Waals surface area contributed by atoms with E-state index in [0.717, 1.165) is 64.3 Å². The Bertz CT molecular complexity index is 766. The van der Waals surface area contributed by atoms with Gasteiger partial charge in [0.15, 0.2) is 0 Å². The number of hydrogen-bond acceptors (Lipinski definition) is 4. The van der Waals surface area contributed by atoms with Crippen LogP contribution in [0.15, 0.2) is 54.7 Å². The fourth-order valence-electron chi connectivity index (χ4n) is 4.60. The van der Waals surface area contributed by atoms with E-state index in [0.29, 0.717) is 11.8 Å². The third-order valence-electron chi connectivity index (χ3n) is 6.49. The van der Waals surface area contributed by atoms with Crippen LogP contribution in [-0.2, 0) is 11.2 Å². The summed E-state index contributed by atoms with van der Waals surface area (Å²) in [7, 11) is 0. The Balaban J connectivity index is 1.24. The molecule has 0 aliphatic carbocycles. The lowest BCUT2D eigenvalue weighted by Crippen LogP contribution is -2.55. The maximum absolute atomic E-state index is 13.1. The fourth-order valence-corrected chi connectivity index (χ4v) is 4.60. The quantitative estimate of drug-likeness (QED) is 0.784. The topological polar surface area (TPSA) is 39.7 Å². The molecule has 0 spiro atoms. The minimum Gasteiger partial charge on any atom is -0.354 e. The minimum absolute atomic E-state index is 0.0356. The number of carbonyl (C=O) groups is 1. The summed E-state index contributed by atoms with van der Waals surface area (Å²) >= 11 is 0. The number of amides is 1. The number of pyridine rings is 1. The molecule has 2 aliphatic rings. The molecule has 1 aromatic carbocycles. The number of piperidine rings is 1. The summed E-state index contributed by atoms with van der Waals surface area (Å²) in [4.78, 5) is 24.3. The Morgan fingerprint density at radius 2 is 1.66 bits per heavy atom. The van der Waals surface area contributed by atoms with Crippen LogP contribution in [0.2, 0.25) is 0 Å². The zero-order valence-corrected chi connectivity index (χ0v) is 17.4. The van der Waals surface area contributed by atoms with Crippen LogP contribution < -0.4 is 4.90 Å². The Labute approximate surface area is 174 Å². The molecular weight excluding hydrogens is 360 g/mol. The van der Waals surface area contributed by atoms with Crippen molar-refractivity contribution in [3.8, 4) is 0 Å². The molecule has 2 aliphatic heterocycles. The minimum atomic E-state index is -0.0356. The lowest BCUT2D eigenvalue weighted by Gasteiger charge is -2.40. The second kappa shape index (κ2) is 9.40. The predicted octanol–water partition coefficient (Wildman–Crippen LogP) is 3.07. The van der Waals surface area contributed by atoms with E-state index in [4.69, 9.17) is 0 Å². The highest BCUT2D eigenvalue weighted by molar-refractivity contribution is 5.81. The van der Waals surface area contributed by atoms with E-state index in [-0.39, 0.29) is 6.04 Å². The van der Waals surface area contributed by atoms with Gasteiger partial charge in [-0.1, -0.05) is 36.4 Å². The molecule has 3 heterocycles. The first kappa shape index (κ1) is 19.9. The van der Waals surface area contributed by atoms with Gasteiger partial charge in [0.25, 0.3) is 0 Å². The van der Waals surface area contributed by atoms with Crippen LogP contribution in [0.5, 0.6) is 0 Å². The number of benzene rings is 1. The molecule has 0 radical (unpaired) electrons. The van der Waals surface area contributed by atoms with Gasteiger partial charge in [0.1, 0.15) is 5.82 Å². The predicted molar refractivity (Wildman–Crippen MR) is 117 cm³/mol. The third kappa shape index (κ3) is 4.96. The van der Waals surface area contributed by atoms with Crippen LogP contribution in [0.3, 0.4) is 0 Å². The Morgan fingerprint density at radius 3 is 2.31 bits per heavy atom. The van der Waals surface area contributed by atoms with Crippen LogP contribution in [0.1, 0.15) is 25.3 Å². The zero-order chi connectivity index (χ0) is 20.1. The summed E-state index contributed by atoms with van der Waals surface area (Å²) in [5, 5.41) is 0. The average Bonchev–Trinajstić information content (AvgIpc) is 2.80. The van der Waals surface area contributed by atoms with Crippen molar-refractivity contribution in [3.05, 3.63) is 60.3 Å². The highest BCUT2D eigenvalue weighted by Crippen LogP contribution is 2.23. The van der Waals surface area contributed by atoms with E-state index >= 15 is 0 Å². The van der Waals surface area contributed by atoms with Crippen molar-refractivity contribution in [3.63, 3.8) is 0 Å². The monoisotopic (exact) mass is 392 g/mol. The molecule has 0 N–H and O–H groups in total. The van der Waals surface area contributed by atoms with E-state index in [9.17, 15) is 4.79 Å². The number of nitrogens with zero attached hydrogens (tertiary/aromatic N) is 4. The van der Waals surface area contributed by atoms with Gasteiger partial charge in [-0.05, 0) is 49.8 Å². The molecule has 1 atom stereocenters. The molecule has 5 nitrogen and oxygen atoms in total. The lowest BCUT2D eigenvalue weighted by atomic mass is 9.90. The van der Waals surface area contributed by atoms with Crippen molar-refractivity contribution < 1.29 is 4.79 Å². The van der Waals surface area contributed by atoms with Crippen molar-refractivity contribution >= 4 is 11.7 Å². The van der Waals surface area contributed by atoms with Crippen molar-refractivity contribution in [1.29, 1.82) is 0 Å². The lowest BCUT2D eigenvalue weighted by molar-refractivity contribution is -0.138. The van der Waals surface area contributed by atoms with Gasteiger partial charge < -0.3 is 9.80 Å². The van der Waals surface area contributed by atoms with Crippen LogP contribution in [0.25, 0.3) is 0 Å². The van der Waals surface area contributed by atoms with Crippen LogP contribution >= 0.6 is 0 Å². The number of likely N-dealkylation sites (tertiary alicyclic amines) is 1. The summed E-state index contributed by atoms with van der Waals surface area (Å²) < 4.78 is 0. The van der Waals surface area contributed by atoms with Crippen LogP contribution in [-0.4, -0.2) is 66.0 Å². The van der Waals surface area contributed by atoms with E-state index in [2.05, 4.69) is 63.0 Å².